The fourth-order valence-electron chi connectivity index (χ4n) is 1.06. The quantitative estimate of drug-likeness (QED) is 0.551. The van der Waals surface area contributed by atoms with Crippen molar-refractivity contribution >= 4 is 5.91 Å². The molecule has 0 unspecified atom stereocenters. The first-order valence-electron chi connectivity index (χ1n) is 5.36. The zero-order valence-corrected chi connectivity index (χ0v) is 9.38. The number of nitrogens with two attached hydrogens (primary N) is 1. The molecule has 84 valence electrons. The minimum Gasteiger partial charge on any atom is -0.355 e. The van der Waals surface area contributed by atoms with Gasteiger partial charge in [0.1, 0.15) is 0 Å². The van der Waals surface area contributed by atoms with Crippen molar-refractivity contribution in [1.29, 1.82) is 0 Å². The van der Waals surface area contributed by atoms with Gasteiger partial charge >= 0.3 is 0 Å². The van der Waals surface area contributed by atoms with Crippen molar-refractivity contribution in [1.82, 2.24) is 10.2 Å². The van der Waals surface area contributed by atoms with Crippen LogP contribution in [0.1, 0.15) is 26.2 Å². The Kier molecular flexibility index (Phi) is 8.57. The van der Waals surface area contributed by atoms with E-state index < -0.39 is 0 Å². The SMILES string of the molecule is CCN(C)CCNC(=O)CCCCN. The molecule has 0 atom stereocenters. The number of hydrogen-bond donors (Lipinski definition) is 2. The van der Waals surface area contributed by atoms with E-state index in [4.69, 9.17) is 5.73 Å². The molecule has 1 amide bonds. The summed E-state index contributed by atoms with van der Waals surface area (Å²) in [4.78, 5) is 13.4. The highest BCUT2D eigenvalue weighted by Crippen LogP contribution is 1.92. The number of carbonyl (C=O) groups is 1. The van der Waals surface area contributed by atoms with E-state index >= 15 is 0 Å². The summed E-state index contributed by atoms with van der Waals surface area (Å²) in [5, 5.41) is 2.89. The zero-order chi connectivity index (χ0) is 10.8. The van der Waals surface area contributed by atoms with Crippen LogP contribution in [0.25, 0.3) is 0 Å². The van der Waals surface area contributed by atoms with Gasteiger partial charge in [-0.25, -0.2) is 0 Å². The third-order valence-corrected chi connectivity index (χ3v) is 2.21. The maximum absolute atomic E-state index is 11.2. The molecule has 0 aliphatic heterocycles. The lowest BCUT2D eigenvalue weighted by Gasteiger charge is -2.13. The lowest BCUT2D eigenvalue weighted by molar-refractivity contribution is -0.121. The molecule has 0 saturated carbocycles. The lowest BCUT2D eigenvalue weighted by atomic mass is 10.2. The molecular weight excluding hydrogens is 178 g/mol. The Bertz CT molecular complexity index is 150. The molecule has 0 heterocycles. The van der Waals surface area contributed by atoms with E-state index in [0.29, 0.717) is 13.0 Å². The van der Waals surface area contributed by atoms with Gasteiger partial charge in [0.05, 0.1) is 0 Å². The average Bonchev–Trinajstić information content (AvgIpc) is 2.18. The van der Waals surface area contributed by atoms with E-state index in [-0.39, 0.29) is 5.91 Å². The van der Waals surface area contributed by atoms with E-state index in [9.17, 15) is 4.79 Å². The van der Waals surface area contributed by atoms with Crippen molar-refractivity contribution in [2.45, 2.75) is 26.2 Å². The summed E-state index contributed by atoms with van der Waals surface area (Å²) < 4.78 is 0. The molecule has 4 heteroatoms. The van der Waals surface area contributed by atoms with Gasteiger partial charge in [0.2, 0.25) is 5.91 Å². The van der Waals surface area contributed by atoms with Gasteiger partial charge in [-0.1, -0.05) is 6.92 Å². The molecule has 0 radical (unpaired) electrons. The predicted molar refractivity (Wildman–Crippen MR) is 59.1 cm³/mol. The standard InChI is InChI=1S/C10H23N3O/c1-3-13(2)9-8-12-10(14)6-4-5-7-11/h3-9,11H2,1-2H3,(H,12,14). The second-order valence-corrected chi connectivity index (χ2v) is 3.49. The third kappa shape index (κ3) is 8.01. The van der Waals surface area contributed by atoms with Crippen LogP contribution >= 0.6 is 0 Å². The lowest BCUT2D eigenvalue weighted by Crippen LogP contribution is -2.32. The van der Waals surface area contributed by atoms with Gasteiger partial charge in [-0.3, -0.25) is 4.79 Å². The van der Waals surface area contributed by atoms with Gasteiger partial charge in [-0.15, -0.1) is 0 Å². The Hall–Kier alpha value is -0.610. The monoisotopic (exact) mass is 201 g/mol. The van der Waals surface area contributed by atoms with Crippen LogP contribution in [0.2, 0.25) is 0 Å². The van der Waals surface area contributed by atoms with Crippen LogP contribution in [0.3, 0.4) is 0 Å². The Morgan fingerprint density at radius 3 is 2.71 bits per heavy atom. The van der Waals surface area contributed by atoms with E-state index in [1.54, 1.807) is 0 Å². The van der Waals surface area contributed by atoms with Gasteiger partial charge in [-0.2, -0.15) is 0 Å². The molecule has 4 nitrogen and oxygen atoms in total. The van der Waals surface area contributed by atoms with Crippen LogP contribution in [0, 0.1) is 0 Å². The molecule has 0 rings (SSSR count). The van der Waals surface area contributed by atoms with Crippen molar-refractivity contribution in [2.75, 3.05) is 33.2 Å². The molecule has 0 saturated heterocycles. The van der Waals surface area contributed by atoms with Crippen LogP contribution in [0.15, 0.2) is 0 Å². The summed E-state index contributed by atoms with van der Waals surface area (Å²) in [6.45, 7) is 5.45. The Morgan fingerprint density at radius 2 is 2.14 bits per heavy atom. The number of rotatable bonds is 8. The smallest absolute Gasteiger partial charge is 0.220 e. The van der Waals surface area contributed by atoms with Gasteiger partial charge in [0.15, 0.2) is 0 Å². The van der Waals surface area contributed by atoms with E-state index in [0.717, 1.165) is 32.5 Å². The number of amides is 1. The highest BCUT2D eigenvalue weighted by Gasteiger charge is 2.00. The molecule has 3 N–H and O–H groups in total. The second kappa shape index (κ2) is 8.97. The van der Waals surface area contributed by atoms with Gasteiger partial charge < -0.3 is 16.0 Å². The molecular formula is C10H23N3O. The van der Waals surface area contributed by atoms with Crippen molar-refractivity contribution in [2.24, 2.45) is 5.73 Å². The third-order valence-electron chi connectivity index (χ3n) is 2.21. The molecule has 0 aliphatic carbocycles. The minimum absolute atomic E-state index is 0.142. The normalized spacial score (nSPS) is 10.6. The summed E-state index contributed by atoms with van der Waals surface area (Å²) in [6.07, 6.45) is 2.43. The number of hydrogen-bond acceptors (Lipinski definition) is 3. The number of likely N-dealkylation sites (N-methyl/N-ethyl adjacent to an activating group) is 1. The Morgan fingerprint density at radius 1 is 1.43 bits per heavy atom. The maximum Gasteiger partial charge on any atom is 0.220 e. The summed E-state index contributed by atoms with van der Waals surface area (Å²) >= 11 is 0. The van der Waals surface area contributed by atoms with E-state index in [1.165, 1.54) is 0 Å². The fourth-order valence-corrected chi connectivity index (χ4v) is 1.06. The first-order valence-corrected chi connectivity index (χ1v) is 5.36. The molecule has 14 heavy (non-hydrogen) atoms. The van der Waals surface area contributed by atoms with Crippen LogP contribution in [-0.2, 0) is 4.79 Å². The van der Waals surface area contributed by atoms with Crippen LogP contribution in [0.4, 0.5) is 0 Å². The maximum atomic E-state index is 11.2. The van der Waals surface area contributed by atoms with Crippen LogP contribution in [0.5, 0.6) is 0 Å². The van der Waals surface area contributed by atoms with Crippen LogP contribution in [-0.4, -0.2) is 44.0 Å². The van der Waals surface area contributed by atoms with Gasteiger partial charge in [0.25, 0.3) is 0 Å². The number of carbonyl (C=O) groups excluding carboxylic acids is 1. The summed E-state index contributed by atoms with van der Waals surface area (Å²) in [6, 6.07) is 0. The Balaban J connectivity index is 3.26. The molecule has 0 spiro atoms. The predicted octanol–water partition coefficient (Wildman–Crippen LogP) is 0.183. The van der Waals surface area contributed by atoms with Gasteiger partial charge in [-0.05, 0) is 33.0 Å². The summed E-state index contributed by atoms with van der Waals surface area (Å²) in [5.74, 6) is 0.142. The topological polar surface area (TPSA) is 58.4 Å². The molecule has 0 aromatic rings. The summed E-state index contributed by atoms with van der Waals surface area (Å²) in [5.41, 5.74) is 5.33. The van der Waals surface area contributed by atoms with E-state index in [2.05, 4.69) is 17.1 Å². The van der Waals surface area contributed by atoms with E-state index in [1.807, 2.05) is 7.05 Å². The highest BCUT2D eigenvalue weighted by molar-refractivity contribution is 5.75. The largest absolute Gasteiger partial charge is 0.355 e. The molecule has 0 fully saturated rings. The highest BCUT2D eigenvalue weighted by atomic mass is 16.1. The second-order valence-electron chi connectivity index (χ2n) is 3.49. The van der Waals surface area contributed by atoms with Gasteiger partial charge in [0, 0.05) is 19.5 Å². The van der Waals surface area contributed by atoms with Crippen molar-refractivity contribution in [3.63, 3.8) is 0 Å². The minimum atomic E-state index is 0.142. The first-order chi connectivity index (χ1) is 6.70. The number of nitrogens with one attached hydrogen (secondary N) is 1. The Labute approximate surface area is 86.8 Å². The number of nitrogens with zero attached hydrogens (tertiary/aromatic N) is 1. The van der Waals surface area contributed by atoms with Crippen molar-refractivity contribution in [3.8, 4) is 0 Å². The van der Waals surface area contributed by atoms with Crippen molar-refractivity contribution in [3.05, 3.63) is 0 Å². The molecule has 0 aliphatic rings. The summed E-state index contributed by atoms with van der Waals surface area (Å²) in [7, 11) is 2.04. The average molecular weight is 201 g/mol. The van der Waals surface area contributed by atoms with Crippen molar-refractivity contribution < 1.29 is 4.79 Å². The first kappa shape index (κ1) is 13.4. The number of unbranched alkanes of at least 4 members (excludes halogenated alkanes) is 1. The molecule has 0 aromatic heterocycles. The fraction of sp³-hybridized carbons (Fsp3) is 0.900. The molecule has 0 bridgehead atoms. The molecule has 0 aromatic carbocycles. The zero-order valence-electron chi connectivity index (χ0n) is 9.38. The van der Waals surface area contributed by atoms with Crippen LogP contribution < -0.4 is 11.1 Å².